The molecule has 0 amide bonds. The van der Waals surface area contributed by atoms with Crippen LogP contribution in [0.2, 0.25) is 0 Å². The molecule has 0 aliphatic rings. The molecular formula is C12H10N4O3S. The number of sulfonamides is 1. The molecule has 0 aliphatic heterocycles. The Morgan fingerprint density at radius 3 is 2.35 bits per heavy atom. The van der Waals surface area contributed by atoms with E-state index >= 15 is 0 Å². The summed E-state index contributed by atoms with van der Waals surface area (Å²) in [5, 5.41) is 12.9. The molecule has 0 aliphatic carbocycles. The summed E-state index contributed by atoms with van der Waals surface area (Å²) in [4.78, 5) is 2.60. The predicted octanol–water partition coefficient (Wildman–Crippen LogP) is 3.13. The first-order valence-corrected chi connectivity index (χ1v) is 6.97. The van der Waals surface area contributed by atoms with E-state index in [1.807, 2.05) is 0 Å². The molecule has 0 aromatic heterocycles. The van der Waals surface area contributed by atoms with E-state index in [2.05, 4.69) is 14.7 Å². The second-order valence-corrected chi connectivity index (χ2v) is 5.49. The Kier molecular flexibility index (Phi) is 3.79. The smallest absolute Gasteiger partial charge is 0.262 e. The van der Waals surface area contributed by atoms with Crippen molar-refractivity contribution in [3.63, 3.8) is 0 Å². The number of nitrogens with one attached hydrogen (secondary N) is 1. The summed E-state index contributed by atoms with van der Waals surface area (Å²) in [6.07, 6.45) is 0. The van der Waals surface area contributed by atoms with Gasteiger partial charge in [-0.3, -0.25) is 4.72 Å². The normalized spacial score (nSPS) is 10.6. The molecule has 0 saturated heterocycles. The molecule has 0 bridgehead atoms. The minimum atomic E-state index is -3.81. The Morgan fingerprint density at radius 2 is 1.75 bits per heavy atom. The lowest BCUT2D eigenvalue weighted by Gasteiger charge is -2.09. The fraction of sp³-hybridized carbons (Fsp3) is 0. The number of phenols is 1. The zero-order valence-electron chi connectivity index (χ0n) is 10.1. The van der Waals surface area contributed by atoms with Gasteiger partial charge in [0.25, 0.3) is 10.0 Å². The van der Waals surface area contributed by atoms with E-state index in [0.717, 1.165) is 0 Å². The van der Waals surface area contributed by atoms with Gasteiger partial charge in [0.05, 0.1) is 10.6 Å². The Labute approximate surface area is 115 Å². The van der Waals surface area contributed by atoms with E-state index < -0.39 is 10.0 Å². The van der Waals surface area contributed by atoms with Crippen LogP contribution in [0.3, 0.4) is 0 Å². The van der Waals surface area contributed by atoms with Crippen molar-refractivity contribution in [1.82, 2.24) is 0 Å². The van der Waals surface area contributed by atoms with Crippen LogP contribution in [0, 0.1) is 0 Å². The molecule has 0 radical (unpaired) electrons. The predicted molar refractivity (Wildman–Crippen MR) is 74.2 cm³/mol. The fourth-order valence-electron chi connectivity index (χ4n) is 1.51. The lowest BCUT2D eigenvalue weighted by atomic mass is 10.3. The summed E-state index contributed by atoms with van der Waals surface area (Å²) in [5.41, 5.74) is 8.68. The minimum Gasteiger partial charge on any atom is -0.506 e. The summed E-state index contributed by atoms with van der Waals surface area (Å²) in [6.45, 7) is 0. The van der Waals surface area contributed by atoms with E-state index in [-0.39, 0.29) is 16.3 Å². The van der Waals surface area contributed by atoms with Crippen LogP contribution >= 0.6 is 0 Å². The molecule has 0 fully saturated rings. The van der Waals surface area contributed by atoms with Gasteiger partial charge in [-0.25, -0.2) is 8.42 Å². The Hall–Kier alpha value is -2.70. The number of phenolic OH excluding ortho intramolecular Hbond substituents is 1. The summed E-state index contributed by atoms with van der Waals surface area (Å²) in [6, 6.07) is 11.4. The van der Waals surface area contributed by atoms with Crippen LogP contribution in [-0.2, 0) is 10.0 Å². The van der Waals surface area contributed by atoms with Crippen LogP contribution < -0.4 is 4.72 Å². The summed E-state index contributed by atoms with van der Waals surface area (Å²) < 4.78 is 26.5. The topological polar surface area (TPSA) is 115 Å². The van der Waals surface area contributed by atoms with E-state index in [1.165, 1.54) is 36.4 Å². The Morgan fingerprint density at radius 1 is 1.10 bits per heavy atom. The van der Waals surface area contributed by atoms with E-state index in [1.54, 1.807) is 12.1 Å². The van der Waals surface area contributed by atoms with Gasteiger partial charge in [0.1, 0.15) is 5.75 Å². The van der Waals surface area contributed by atoms with E-state index in [9.17, 15) is 13.5 Å². The van der Waals surface area contributed by atoms with Crippen molar-refractivity contribution in [2.24, 2.45) is 5.11 Å². The molecule has 0 spiro atoms. The van der Waals surface area contributed by atoms with Crippen LogP contribution in [0.15, 0.2) is 58.5 Å². The number of para-hydroxylation sites is 2. The maximum Gasteiger partial charge on any atom is 0.262 e. The van der Waals surface area contributed by atoms with Gasteiger partial charge in [-0.15, -0.1) is 0 Å². The van der Waals surface area contributed by atoms with Crippen molar-refractivity contribution < 1.29 is 13.5 Å². The lowest BCUT2D eigenvalue weighted by molar-refractivity contribution is 0.477. The summed E-state index contributed by atoms with van der Waals surface area (Å²) in [5.74, 6) is -0.165. The Bertz CT molecular complexity index is 766. The monoisotopic (exact) mass is 290 g/mol. The molecule has 2 aromatic carbocycles. The number of aromatic hydroxyl groups is 1. The number of anilines is 1. The number of rotatable bonds is 4. The first-order valence-electron chi connectivity index (χ1n) is 5.49. The summed E-state index contributed by atoms with van der Waals surface area (Å²) in [7, 11) is -3.81. The van der Waals surface area contributed by atoms with Gasteiger partial charge in [0, 0.05) is 10.6 Å². The number of nitrogens with zero attached hydrogens (tertiary/aromatic N) is 3. The molecular weight excluding hydrogens is 280 g/mol. The van der Waals surface area contributed by atoms with Gasteiger partial charge >= 0.3 is 0 Å². The van der Waals surface area contributed by atoms with Crippen LogP contribution in [0.25, 0.3) is 10.4 Å². The van der Waals surface area contributed by atoms with E-state index in [0.29, 0.717) is 5.69 Å². The molecule has 0 atom stereocenters. The number of azide groups is 1. The van der Waals surface area contributed by atoms with Gasteiger partial charge in [-0.2, -0.15) is 0 Å². The summed E-state index contributed by atoms with van der Waals surface area (Å²) >= 11 is 0. The molecule has 0 heterocycles. The highest BCUT2D eigenvalue weighted by atomic mass is 32.2. The minimum absolute atomic E-state index is 0.00218. The standard InChI is InChI=1S/C12H10N4O3S/c13-16-14-9-5-7-10(8-6-9)20(18,19)15-11-3-1-2-4-12(11)17/h1-8,15,17H. The average molecular weight is 290 g/mol. The maximum atomic E-state index is 12.1. The molecule has 2 aromatic rings. The highest BCUT2D eigenvalue weighted by Crippen LogP contribution is 2.25. The number of hydrogen-bond donors (Lipinski definition) is 2. The van der Waals surface area contributed by atoms with Crippen LogP contribution in [-0.4, -0.2) is 13.5 Å². The SMILES string of the molecule is [N-]=[N+]=Nc1ccc(S(=O)(=O)Nc2ccccc2O)cc1. The van der Waals surface area contributed by atoms with Gasteiger partial charge in [-0.05, 0) is 29.8 Å². The second-order valence-electron chi connectivity index (χ2n) is 3.81. The van der Waals surface area contributed by atoms with Gasteiger partial charge in [-0.1, -0.05) is 29.4 Å². The van der Waals surface area contributed by atoms with Crippen LogP contribution in [0.5, 0.6) is 5.75 Å². The van der Waals surface area contributed by atoms with Gasteiger partial charge < -0.3 is 5.11 Å². The van der Waals surface area contributed by atoms with Crippen molar-refractivity contribution in [3.8, 4) is 5.75 Å². The van der Waals surface area contributed by atoms with E-state index in [4.69, 9.17) is 5.53 Å². The third-order valence-electron chi connectivity index (χ3n) is 2.46. The van der Waals surface area contributed by atoms with Crippen molar-refractivity contribution >= 4 is 21.4 Å². The molecule has 7 nitrogen and oxygen atoms in total. The molecule has 0 saturated carbocycles. The highest BCUT2D eigenvalue weighted by Gasteiger charge is 2.15. The molecule has 20 heavy (non-hydrogen) atoms. The molecule has 0 unspecified atom stereocenters. The zero-order valence-corrected chi connectivity index (χ0v) is 10.9. The zero-order chi connectivity index (χ0) is 14.6. The Balaban J connectivity index is 2.31. The quantitative estimate of drug-likeness (QED) is 0.390. The van der Waals surface area contributed by atoms with Crippen molar-refractivity contribution in [2.75, 3.05) is 4.72 Å². The van der Waals surface area contributed by atoms with Crippen LogP contribution in [0.4, 0.5) is 11.4 Å². The first-order chi connectivity index (χ1) is 9.53. The molecule has 8 heteroatoms. The first kappa shape index (κ1) is 13.7. The van der Waals surface area contributed by atoms with Crippen molar-refractivity contribution in [3.05, 3.63) is 59.0 Å². The number of hydrogen-bond acceptors (Lipinski definition) is 4. The largest absolute Gasteiger partial charge is 0.506 e. The van der Waals surface area contributed by atoms with Crippen LogP contribution in [0.1, 0.15) is 0 Å². The van der Waals surface area contributed by atoms with Gasteiger partial charge in [0.15, 0.2) is 0 Å². The second kappa shape index (κ2) is 5.52. The number of benzene rings is 2. The maximum absolute atomic E-state index is 12.1. The fourth-order valence-corrected chi connectivity index (χ4v) is 2.58. The average Bonchev–Trinajstić information content (AvgIpc) is 2.42. The van der Waals surface area contributed by atoms with Gasteiger partial charge in [0.2, 0.25) is 0 Å². The van der Waals surface area contributed by atoms with Crippen molar-refractivity contribution in [1.29, 1.82) is 0 Å². The molecule has 2 N–H and O–H groups in total. The highest BCUT2D eigenvalue weighted by molar-refractivity contribution is 7.92. The lowest BCUT2D eigenvalue weighted by Crippen LogP contribution is -2.12. The third-order valence-corrected chi connectivity index (χ3v) is 3.84. The third kappa shape index (κ3) is 3.00. The molecule has 102 valence electrons. The molecule has 2 rings (SSSR count). The van der Waals surface area contributed by atoms with Crippen molar-refractivity contribution in [2.45, 2.75) is 4.90 Å².